The molecule has 0 radical (unpaired) electrons. The average molecular weight is 327 g/mol. The van der Waals surface area contributed by atoms with E-state index in [1.54, 1.807) is 18.2 Å². The molecule has 0 spiro atoms. The quantitative estimate of drug-likeness (QED) is 0.846. The fraction of sp³-hybridized carbons (Fsp3) is 0.154. The van der Waals surface area contributed by atoms with Crippen molar-refractivity contribution in [1.82, 2.24) is 4.98 Å². The second kappa shape index (κ2) is 5.88. The van der Waals surface area contributed by atoms with E-state index in [1.807, 2.05) is 0 Å². The molecule has 0 aliphatic carbocycles. The van der Waals surface area contributed by atoms with E-state index in [9.17, 15) is 9.50 Å². The molecule has 0 saturated carbocycles. The number of anilines is 1. The first kappa shape index (κ1) is 13.6. The van der Waals surface area contributed by atoms with Crippen molar-refractivity contribution in [2.75, 3.05) is 12.4 Å². The Kier molecular flexibility index (Phi) is 4.21. The maximum Gasteiger partial charge on any atom is 0.212 e. The third-order valence-corrected chi connectivity index (χ3v) is 3.14. The minimum absolute atomic E-state index is 0.0645. The van der Waals surface area contributed by atoms with Gasteiger partial charge in [0, 0.05) is 6.54 Å². The molecule has 1 aromatic carbocycles. The first-order valence-corrected chi connectivity index (χ1v) is 6.30. The van der Waals surface area contributed by atoms with Crippen molar-refractivity contribution in [2.24, 2.45) is 0 Å². The van der Waals surface area contributed by atoms with Crippen molar-refractivity contribution >= 4 is 21.6 Å². The molecule has 0 aliphatic heterocycles. The van der Waals surface area contributed by atoms with Gasteiger partial charge in [-0.3, -0.25) is 0 Å². The maximum atomic E-state index is 12.7. The largest absolute Gasteiger partial charge is 0.503 e. The fourth-order valence-electron chi connectivity index (χ4n) is 1.57. The molecule has 0 bridgehead atoms. The zero-order valence-electron chi connectivity index (χ0n) is 10.2. The van der Waals surface area contributed by atoms with Crippen LogP contribution in [-0.2, 0) is 6.54 Å². The van der Waals surface area contributed by atoms with E-state index in [0.717, 1.165) is 5.56 Å². The van der Waals surface area contributed by atoms with Crippen LogP contribution in [0.15, 0.2) is 34.9 Å². The molecular weight excluding hydrogens is 315 g/mol. The van der Waals surface area contributed by atoms with Crippen LogP contribution in [0.25, 0.3) is 0 Å². The number of aromatic nitrogens is 1. The molecule has 4 nitrogen and oxygen atoms in total. The summed E-state index contributed by atoms with van der Waals surface area (Å²) in [6.45, 7) is 0.503. The fourth-order valence-corrected chi connectivity index (χ4v) is 2.06. The predicted molar refractivity (Wildman–Crippen MR) is 73.9 cm³/mol. The van der Waals surface area contributed by atoms with Gasteiger partial charge in [0.05, 0.1) is 23.5 Å². The van der Waals surface area contributed by atoms with Gasteiger partial charge < -0.3 is 15.2 Å². The monoisotopic (exact) mass is 326 g/mol. The van der Waals surface area contributed by atoms with Crippen molar-refractivity contribution in [2.45, 2.75) is 6.54 Å². The van der Waals surface area contributed by atoms with Gasteiger partial charge in [-0.15, -0.1) is 0 Å². The molecule has 0 unspecified atom stereocenters. The zero-order chi connectivity index (χ0) is 13.8. The van der Waals surface area contributed by atoms with E-state index in [1.165, 1.54) is 19.4 Å². The molecule has 19 heavy (non-hydrogen) atoms. The number of ether oxygens (including phenoxy) is 1. The summed E-state index contributed by atoms with van der Waals surface area (Å²) >= 11 is 3.25. The number of halogens is 2. The molecule has 100 valence electrons. The van der Waals surface area contributed by atoms with Crippen LogP contribution in [0.3, 0.4) is 0 Å². The lowest BCUT2D eigenvalue weighted by Crippen LogP contribution is -2.00. The number of hydrogen-bond acceptors (Lipinski definition) is 4. The molecule has 0 saturated heterocycles. The van der Waals surface area contributed by atoms with Gasteiger partial charge >= 0.3 is 0 Å². The minimum Gasteiger partial charge on any atom is -0.503 e. The summed E-state index contributed by atoms with van der Waals surface area (Å²) in [7, 11) is 1.49. The van der Waals surface area contributed by atoms with Gasteiger partial charge in [0.25, 0.3) is 0 Å². The molecule has 2 aromatic rings. The first-order chi connectivity index (χ1) is 9.10. The summed E-state index contributed by atoms with van der Waals surface area (Å²) in [6.07, 6.45) is 1.42. The molecular formula is C13H12BrFN2O2. The Morgan fingerprint density at radius 1 is 1.42 bits per heavy atom. The Labute approximate surface area is 118 Å². The van der Waals surface area contributed by atoms with Crippen LogP contribution in [0.1, 0.15) is 5.56 Å². The van der Waals surface area contributed by atoms with Crippen LogP contribution >= 0.6 is 15.9 Å². The van der Waals surface area contributed by atoms with Crippen molar-refractivity contribution in [3.05, 3.63) is 46.4 Å². The Morgan fingerprint density at radius 3 is 2.84 bits per heavy atom. The predicted octanol–water partition coefficient (Wildman–Crippen LogP) is 3.31. The molecule has 6 heteroatoms. The number of aromatic hydroxyl groups is 1. The van der Waals surface area contributed by atoms with Crippen LogP contribution in [0.5, 0.6) is 11.5 Å². The highest BCUT2D eigenvalue weighted by Gasteiger charge is 2.08. The third-order valence-electron chi connectivity index (χ3n) is 2.53. The van der Waals surface area contributed by atoms with Crippen LogP contribution in [0.4, 0.5) is 10.1 Å². The number of rotatable bonds is 4. The Balaban J connectivity index is 2.11. The van der Waals surface area contributed by atoms with Gasteiger partial charge in [-0.05, 0) is 45.8 Å². The Bertz CT molecular complexity index is 576. The van der Waals surface area contributed by atoms with Crippen LogP contribution < -0.4 is 10.1 Å². The highest BCUT2D eigenvalue weighted by Crippen LogP contribution is 2.35. The number of nitrogens with one attached hydrogen (secondary N) is 1. The van der Waals surface area contributed by atoms with Gasteiger partial charge in [-0.2, -0.15) is 4.39 Å². The SMILES string of the molecule is COc1cc(CNc2ccc(F)nc2)cc(Br)c1O. The summed E-state index contributed by atoms with van der Waals surface area (Å²) in [5.74, 6) is -0.0577. The standard InChI is InChI=1S/C13H12BrFN2O2/c1-19-11-5-8(4-10(14)13(11)18)6-16-9-2-3-12(15)17-7-9/h2-5,7,16,18H,6H2,1H3. The number of pyridine rings is 1. The number of hydrogen-bond donors (Lipinski definition) is 2. The summed E-state index contributed by atoms with van der Waals surface area (Å²) in [4.78, 5) is 3.55. The van der Waals surface area contributed by atoms with Crippen LogP contribution in [-0.4, -0.2) is 17.2 Å². The minimum atomic E-state index is -0.514. The van der Waals surface area contributed by atoms with Crippen LogP contribution in [0.2, 0.25) is 0 Å². The second-order valence-corrected chi connectivity index (χ2v) is 4.71. The molecule has 2 rings (SSSR count). The summed E-state index contributed by atoms with van der Waals surface area (Å²) < 4.78 is 18.3. The number of benzene rings is 1. The molecule has 1 aromatic heterocycles. The first-order valence-electron chi connectivity index (χ1n) is 5.51. The van der Waals surface area contributed by atoms with Crippen LogP contribution in [0, 0.1) is 5.95 Å². The van der Waals surface area contributed by atoms with Gasteiger partial charge in [-0.25, -0.2) is 4.98 Å². The smallest absolute Gasteiger partial charge is 0.212 e. The van der Waals surface area contributed by atoms with Crippen molar-refractivity contribution in [3.63, 3.8) is 0 Å². The van der Waals surface area contributed by atoms with Gasteiger partial charge in [0.1, 0.15) is 0 Å². The van der Waals surface area contributed by atoms with Gasteiger partial charge in [0.2, 0.25) is 5.95 Å². The molecule has 0 aliphatic rings. The summed E-state index contributed by atoms with van der Waals surface area (Å²) in [5, 5.41) is 12.8. The van der Waals surface area contributed by atoms with Gasteiger partial charge in [-0.1, -0.05) is 0 Å². The topological polar surface area (TPSA) is 54.4 Å². The lowest BCUT2D eigenvalue weighted by molar-refractivity contribution is 0.371. The van der Waals surface area contributed by atoms with Crippen molar-refractivity contribution in [3.8, 4) is 11.5 Å². The van der Waals surface area contributed by atoms with E-state index >= 15 is 0 Å². The zero-order valence-corrected chi connectivity index (χ0v) is 11.7. The molecule has 1 heterocycles. The number of phenolic OH excluding ortho intramolecular Hbond substituents is 1. The van der Waals surface area contributed by atoms with Crippen molar-refractivity contribution < 1.29 is 14.2 Å². The normalized spacial score (nSPS) is 10.3. The number of phenols is 1. The average Bonchev–Trinajstić information content (AvgIpc) is 2.41. The van der Waals surface area contributed by atoms with E-state index in [2.05, 4.69) is 26.2 Å². The summed E-state index contributed by atoms with van der Waals surface area (Å²) in [6, 6.07) is 6.40. The Hall–Kier alpha value is -1.82. The number of methoxy groups -OCH3 is 1. The third kappa shape index (κ3) is 3.35. The molecule has 0 atom stereocenters. The van der Waals surface area contributed by atoms with Crippen molar-refractivity contribution in [1.29, 1.82) is 0 Å². The van der Waals surface area contributed by atoms with E-state index in [0.29, 0.717) is 22.5 Å². The highest BCUT2D eigenvalue weighted by molar-refractivity contribution is 9.10. The van der Waals surface area contributed by atoms with Gasteiger partial charge in [0.15, 0.2) is 11.5 Å². The summed E-state index contributed by atoms with van der Waals surface area (Å²) in [5.41, 5.74) is 1.62. The van der Waals surface area contributed by atoms with E-state index in [4.69, 9.17) is 4.74 Å². The second-order valence-electron chi connectivity index (χ2n) is 3.85. The lowest BCUT2D eigenvalue weighted by Gasteiger charge is -2.10. The Morgan fingerprint density at radius 2 is 2.21 bits per heavy atom. The molecule has 2 N–H and O–H groups in total. The van der Waals surface area contributed by atoms with E-state index < -0.39 is 5.95 Å². The lowest BCUT2D eigenvalue weighted by atomic mass is 10.2. The van der Waals surface area contributed by atoms with E-state index in [-0.39, 0.29) is 5.75 Å². The molecule has 0 fully saturated rings. The maximum absolute atomic E-state index is 12.7. The number of nitrogens with zero attached hydrogens (tertiary/aromatic N) is 1. The molecule has 0 amide bonds. The highest BCUT2D eigenvalue weighted by atomic mass is 79.9.